The summed E-state index contributed by atoms with van der Waals surface area (Å²) in [6, 6.07) is -2.42. The summed E-state index contributed by atoms with van der Waals surface area (Å²) in [4.78, 5) is 12.4. The van der Waals surface area contributed by atoms with Crippen LogP contribution in [-0.4, -0.2) is 55.0 Å². The van der Waals surface area contributed by atoms with Gasteiger partial charge in [-0.3, -0.25) is 9.69 Å². The summed E-state index contributed by atoms with van der Waals surface area (Å²) in [7, 11) is -3.82. The number of nitriles is 1. The number of halogens is 3. The predicted molar refractivity (Wildman–Crippen MR) is 82.5 cm³/mol. The van der Waals surface area contributed by atoms with Crippen LogP contribution >= 0.6 is 0 Å². The Kier molecular flexibility index (Phi) is 5.08. The van der Waals surface area contributed by atoms with E-state index >= 15 is 0 Å². The molecule has 0 spiro atoms. The lowest BCUT2D eigenvalue weighted by atomic mass is 10.1. The van der Waals surface area contributed by atoms with Crippen LogP contribution in [-0.2, 0) is 14.6 Å². The zero-order valence-electron chi connectivity index (χ0n) is 13.5. The molecule has 0 unspecified atom stereocenters. The molecule has 2 saturated carbocycles. The average Bonchev–Trinajstić information content (AvgIpc) is 3.33. The fraction of sp³-hybridized carbons (Fsp3) is 0.733. The lowest BCUT2D eigenvalue weighted by Gasteiger charge is -2.37. The van der Waals surface area contributed by atoms with Crippen LogP contribution in [0.4, 0.5) is 13.2 Å². The maximum absolute atomic E-state index is 13.6. The van der Waals surface area contributed by atoms with Gasteiger partial charge >= 0.3 is 6.18 Å². The number of sulfone groups is 1. The van der Waals surface area contributed by atoms with Crippen LogP contribution in [0.25, 0.3) is 0 Å². The molecule has 10 heteroatoms. The predicted octanol–water partition coefficient (Wildman–Crippen LogP) is 0.587. The lowest BCUT2D eigenvalue weighted by molar-refractivity contribution is -0.179. The molecule has 6 nitrogen and oxygen atoms in total. The van der Waals surface area contributed by atoms with Crippen molar-refractivity contribution in [2.75, 3.05) is 12.0 Å². The Balaban J connectivity index is 2.51. The van der Waals surface area contributed by atoms with E-state index in [0.717, 1.165) is 6.26 Å². The van der Waals surface area contributed by atoms with Crippen molar-refractivity contribution >= 4 is 15.7 Å². The molecule has 2 aliphatic rings. The number of carbonyl (C=O) groups is 1. The Labute approximate surface area is 144 Å². The molecule has 0 radical (unpaired) electrons. The first-order chi connectivity index (χ1) is 11.4. The number of nitrogens with zero attached hydrogens (tertiary/aromatic N) is 2. The molecule has 0 aromatic carbocycles. The third-order valence-electron chi connectivity index (χ3n) is 4.14. The quantitative estimate of drug-likeness (QED) is 0.682. The zero-order valence-corrected chi connectivity index (χ0v) is 14.3. The first kappa shape index (κ1) is 19.5. The molecule has 0 aromatic rings. The third-order valence-corrected chi connectivity index (χ3v) is 5.06. The maximum atomic E-state index is 13.6. The molecule has 2 rings (SSSR count). The van der Waals surface area contributed by atoms with Gasteiger partial charge in [-0.05, 0) is 25.7 Å². The molecular weight excluding hydrogens is 359 g/mol. The van der Waals surface area contributed by atoms with Crippen LogP contribution < -0.4 is 5.73 Å². The molecule has 0 saturated heterocycles. The highest BCUT2D eigenvalue weighted by atomic mass is 32.2. The first-order valence-corrected chi connectivity index (χ1v) is 9.70. The summed E-state index contributed by atoms with van der Waals surface area (Å²) in [6.07, 6.45) is -2.48. The van der Waals surface area contributed by atoms with Gasteiger partial charge in [-0.2, -0.15) is 18.4 Å². The topological polar surface area (TPSA) is 104 Å². The van der Waals surface area contributed by atoms with Crippen molar-refractivity contribution in [1.29, 1.82) is 5.26 Å². The molecule has 138 valence electrons. The third kappa shape index (κ3) is 4.86. The van der Waals surface area contributed by atoms with Gasteiger partial charge in [0.25, 0.3) is 0 Å². The van der Waals surface area contributed by atoms with Gasteiger partial charge < -0.3 is 5.73 Å². The zero-order chi connectivity index (χ0) is 19.0. The van der Waals surface area contributed by atoms with Gasteiger partial charge in [-0.15, -0.1) is 0 Å². The standard InChI is InChI=1S/C15H18F3N3O3S/c1-25(23,24)8-11(13(20)22)21(14(9-19)6-7-14)12(15(16,17)18)5-4-10-2-3-10/h10-12H,2-3,6-8H2,1H3,(H2,20,22)/t11-,12-/m0/s1. The number of primary amides is 1. The Morgan fingerprint density at radius 3 is 2.28 bits per heavy atom. The number of nitrogens with two attached hydrogens (primary N) is 1. The van der Waals surface area contributed by atoms with E-state index in [2.05, 4.69) is 11.8 Å². The van der Waals surface area contributed by atoms with E-state index in [9.17, 15) is 31.6 Å². The highest BCUT2D eigenvalue weighted by molar-refractivity contribution is 7.90. The molecule has 2 aliphatic carbocycles. The molecule has 0 aromatic heterocycles. The molecule has 2 fully saturated rings. The van der Waals surface area contributed by atoms with Gasteiger partial charge in [0.2, 0.25) is 5.91 Å². The van der Waals surface area contributed by atoms with Crippen LogP contribution in [0, 0.1) is 29.1 Å². The van der Waals surface area contributed by atoms with E-state index < -0.39 is 45.3 Å². The summed E-state index contributed by atoms with van der Waals surface area (Å²) in [5, 5.41) is 9.35. The first-order valence-electron chi connectivity index (χ1n) is 7.64. The van der Waals surface area contributed by atoms with Crippen molar-refractivity contribution in [3.63, 3.8) is 0 Å². The van der Waals surface area contributed by atoms with E-state index in [1.807, 2.05) is 0 Å². The Morgan fingerprint density at radius 1 is 1.40 bits per heavy atom. The molecule has 0 heterocycles. The van der Waals surface area contributed by atoms with Crippen molar-refractivity contribution in [2.45, 2.75) is 49.5 Å². The van der Waals surface area contributed by atoms with Gasteiger partial charge in [0, 0.05) is 12.2 Å². The van der Waals surface area contributed by atoms with E-state index in [0.29, 0.717) is 17.7 Å². The minimum absolute atomic E-state index is 0.0920. The van der Waals surface area contributed by atoms with E-state index in [1.165, 1.54) is 0 Å². The normalized spacial score (nSPS) is 21.6. The average molecular weight is 377 g/mol. The van der Waals surface area contributed by atoms with Crippen molar-refractivity contribution in [3.8, 4) is 17.9 Å². The van der Waals surface area contributed by atoms with Crippen LogP contribution in [0.2, 0.25) is 0 Å². The second-order valence-corrected chi connectivity index (χ2v) is 8.75. The number of rotatable bonds is 6. The Hall–Kier alpha value is -1.78. The van der Waals surface area contributed by atoms with Crippen molar-refractivity contribution in [3.05, 3.63) is 0 Å². The van der Waals surface area contributed by atoms with Crippen LogP contribution in [0.1, 0.15) is 25.7 Å². The number of hydrogen-bond donors (Lipinski definition) is 1. The van der Waals surface area contributed by atoms with Gasteiger partial charge in [0.05, 0.1) is 11.8 Å². The molecular formula is C15H18F3N3O3S. The number of alkyl halides is 3. The summed E-state index contributed by atoms with van der Waals surface area (Å²) in [6.45, 7) is 0. The van der Waals surface area contributed by atoms with Crippen LogP contribution in [0.3, 0.4) is 0 Å². The fourth-order valence-electron chi connectivity index (χ4n) is 2.59. The summed E-state index contributed by atoms with van der Waals surface area (Å²) < 4.78 is 64.1. The van der Waals surface area contributed by atoms with Gasteiger partial charge in [-0.25, -0.2) is 8.42 Å². The maximum Gasteiger partial charge on any atom is 0.415 e. The van der Waals surface area contributed by atoms with Gasteiger partial charge in [0.15, 0.2) is 6.04 Å². The minimum Gasteiger partial charge on any atom is -0.368 e. The fourth-order valence-corrected chi connectivity index (χ4v) is 3.49. The second kappa shape index (κ2) is 6.50. The van der Waals surface area contributed by atoms with E-state index in [1.54, 1.807) is 6.07 Å². The number of amides is 1. The molecule has 2 atom stereocenters. The van der Waals surface area contributed by atoms with Crippen LogP contribution in [0.5, 0.6) is 0 Å². The molecule has 0 aliphatic heterocycles. The molecule has 2 N–H and O–H groups in total. The second-order valence-electron chi connectivity index (χ2n) is 6.57. The Bertz CT molecular complexity index is 753. The molecule has 1 amide bonds. The molecule has 25 heavy (non-hydrogen) atoms. The minimum atomic E-state index is -4.86. The molecule has 0 bridgehead atoms. The van der Waals surface area contributed by atoms with Gasteiger partial charge in [-0.1, -0.05) is 11.8 Å². The summed E-state index contributed by atoms with van der Waals surface area (Å²) in [5.41, 5.74) is 3.62. The Morgan fingerprint density at radius 2 is 1.96 bits per heavy atom. The monoisotopic (exact) mass is 377 g/mol. The number of hydrogen-bond acceptors (Lipinski definition) is 5. The number of carbonyl (C=O) groups excluding carboxylic acids is 1. The van der Waals surface area contributed by atoms with E-state index in [4.69, 9.17) is 5.73 Å². The summed E-state index contributed by atoms with van der Waals surface area (Å²) >= 11 is 0. The largest absolute Gasteiger partial charge is 0.415 e. The van der Waals surface area contributed by atoms with E-state index in [-0.39, 0.29) is 18.8 Å². The smallest absolute Gasteiger partial charge is 0.368 e. The highest BCUT2D eigenvalue weighted by Gasteiger charge is 2.60. The van der Waals surface area contributed by atoms with Crippen molar-refractivity contribution in [1.82, 2.24) is 4.90 Å². The van der Waals surface area contributed by atoms with Crippen molar-refractivity contribution in [2.24, 2.45) is 11.7 Å². The van der Waals surface area contributed by atoms with Crippen molar-refractivity contribution < 1.29 is 26.4 Å². The highest BCUT2D eigenvalue weighted by Crippen LogP contribution is 2.46. The lowest BCUT2D eigenvalue weighted by Crippen LogP contribution is -2.61. The van der Waals surface area contributed by atoms with Crippen LogP contribution in [0.15, 0.2) is 0 Å². The SMILES string of the molecule is CS(=O)(=O)C[C@@H](C(N)=O)N([C@@H](C#CC1CC1)C(F)(F)F)C1(C#N)CC1. The summed E-state index contributed by atoms with van der Waals surface area (Å²) in [5.74, 6) is 2.36. The van der Waals surface area contributed by atoms with Gasteiger partial charge in [0.1, 0.15) is 21.4 Å².